The summed E-state index contributed by atoms with van der Waals surface area (Å²) in [5.41, 5.74) is 0.345. The lowest BCUT2D eigenvalue weighted by Crippen LogP contribution is -2.21. The van der Waals surface area contributed by atoms with Gasteiger partial charge in [0.05, 0.1) is 17.2 Å². The molecule has 1 N–H and O–H groups in total. The molecule has 0 saturated heterocycles. The highest BCUT2D eigenvalue weighted by Gasteiger charge is 2.19. The predicted molar refractivity (Wildman–Crippen MR) is 100 cm³/mol. The van der Waals surface area contributed by atoms with Gasteiger partial charge in [-0.3, -0.25) is 4.79 Å². The summed E-state index contributed by atoms with van der Waals surface area (Å²) in [5, 5.41) is 3.94. The van der Waals surface area contributed by atoms with Crippen molar-refractivity contribution in [2.24, 2.45) is 0 Å². The van der Waals surface area contributed by atoms with E-state index >= 15 is 0 Å². The second kappa shape index (κ2) is 9.08. The number of nitrogens with one attached hydrogen (secondary N) is 1. The fourth-order valence-corrected chi connectivity index (χ4v) is 3.30. The molecule has 1 aromatic carbocycles. The first-order chi connectivity index (χ1) is 11.9. The summed E-state index contributed by atoms with van der Waals surface area (Å²) in [4.78, 5) is 25.1. The van der Waals surface area contributed by atoms with Gasteiger partial charge >= 0.3 is 5.97 Å². The Balaban J connectivity index is 2.06. The van der Waals surface area contributed by atoms with Gasteiger partial charge in [0.1, 0.15) is 10.8 Å². The van der Waals surface area contributed by atoms with Gasteiger partial charge in [0, 0.05) is 16.0 Å². The summed E-state index contributed by atoms with van der Waals surface area (Å²) in [6.07, 6.45) is 0.752. The maximum Gasteiger partial charge on any atom is 0.341 e. The lowest BCUT2D eigenvalue weighted by Gasteiger charge is -2.09. The van der Waals surface area contributed by atoms with Gasteiger partial charge in [-0.1, -0.05) is 30.1 Å². The number of benzene rings is 1. The Labute approximate surface area is 159 Å². The molecule has 5 nitrogen and oxygen atoms in total. The molecule has 0 radical (unpaired) electrons. The van der Waals surface area contributed by atoms with Gasteiger partial charge in [0.2, 0.25) is 0 Å². The Kier molecular flexibility index (Phi) is 7.11. The minimum absolute atomic E-state index is 0.262. The van der Waals surface area contributed by atoms with E-state index < -0.39 is 11.9 Å². The molecule has 0 fully saturated rings. The largest absolute Gasteiger partial charge is 0.482 e. The van der Waals surface area contributed by atoms with E-state index in [1.807, 2.05) is 6.92 Å². The van der Waals surface area contributed by atoms with Crippen LogP contribution in [0.2, 0.25) is 10.0 Å². The zero-order valence-corrected chi connectivity index (χ0v) is 16.1. The smallest absolute Gasteiger partial charge is 0.341 e. The summed E-state index contributed by atoms with van der Waals surface area (Å²) in [6.45, 7) is 3.70. The zero-order valence-electron chi connectivity index (χ0n) is 13.7. The predicted octanol–water partition coefficient (Wildman–Crippen LogP) is 4.81. The molecule has 0 bridgehead atoms. The van der Waals surface area contributed by atoms with Crippen LogP contribution in [-0.2, 0) is 16.0 Å². The first-order valence-electron chi connectivity index (χ1n) is 7.62. The van der Waals surface area contributed by atoms with Crippen molar-refractivity contribution in [3.63, 3.8) is 0 Å². The number of thiophene rings is 1. The topological polar surface area (TPSA) is 64.6 Å². The molecule has 25 heavy (non-hydrogen) atoms. The van der Waals surface area contributed by atoms with Crippen LogP contribution in [0.15, 0.2) is 24.3 Å². The molecule has 1 amide bonds. The number of ether oxygens (including phenoxy) is 2. The van der Waals surface area contributed by atoms with Crippen molar-refractivity contribution in [3.05, 3.63) is 44.8 Å². The number of carbonyl (C=O) groups is 2. The Morgan fingerprint density at radius 1 is 1.20 bits per heavy atom. The molecule has 0 aliphatic rings. The van der Waals surface area contributed by atoms with E-state index in [1.54, 1.807) is 25.1 Å². The number of esters is 1. The molecule has 8 heteroatoms. The van der Waals surface area contributed by atoms with Crippen molar-refractivity contribution >= 4 is 51.4 Å². The van der Waals surface area contributed by atoms with E-state index in [9.17, 15) is 9.59 Å². The van der Waals surface area contributed by atoms with E-state index in [2.05, 4.69) is 5.32 Å². The number of carbonyl (C=O) groups excluding carboxylic acids is 2. The second-order valence-electron chi connectivity index (χ2n) is 4.94. The average molecular weight is 402 g/mol. The molecule has 0 spiro atoms. The molecule has 1 heterocycles. The van der Waals surface area contributed by atoms with E-state index in [1.165, 1.54) is 17.4 Å². The normalized spacial score (nSPS) is 10.4. The van der Waals surface area contributed by atoms with Crippen LogP contribution in [0.3, 0.4) is 0 Å². The van der Waals surface area contributed by atoms with Crippen LogP contribution in [-0.4, -0.2) is 25.1 Å². The Morgan fingerprint density at radius 2 is 1.96 bits per heavy atom. The minimum atomic E-state index is -0.465. The number of hydrogen-bond acceptors (Lipinski definition) is 5. The van der Waals surface area contributed by atoms with Crippen LogP contribution < -0.4 is 10.1 Å². The van der Waals surface area contributed by atoms with E-state index in [0.717, 1.165) is 11.3 Å². The van der Waals surface area contributed by atoms with Crippen LogP contribution in [0.5, 0.6) is 5.75 Å². The number of anilines is 1. The Bertz CT molecular complexity index is 776. The summed E-state index contributed by atoms with van der Waals surface area (Å²) >= 11 is 13.2. The first kappa shape index (κ1) is 19.6. The quantitative estimate of drug-likeness (QED) is 0.675. The Hall–Kier alpha value is -1.76. The van der Waals surface area contributed by atoms with Gasteiger partial charge in [-0.25, -0.2) is 4.79 Å². The maximum absolute atomic E-state index is 12.2. The molecule has 0 atom stereocenters. The van der Waals surface area contributed by atoms with Gasteiger partial charge in [0.15, 0.2) is 6.61 Å². The third-order valence-electron chi connectivity index (χ3n) is 3.13. The van der Waals surface area contributed by atoms with Crippen LogP contribution in [0.25, 0.3) is 0 Å². The summed E-state index contributed by atoms with van der Waals surface area (Å²) in [7, 11) is 0. The highest BCUT2D eigenvalue weighted by atomic mass is 35.5. The van der Waals surface area contributed by atoms with Gasteiger partial charge in [-0.05, 0) is 31.5 Å². The average Bonchev–Trinajstić information content (AvgIpc) is 2.99. The van der Waals surface area contributed by atoms with E-state index in [4.69, 9.17) is 32.7 Å². The molecule has 0 aliphatic carbocycles. The van der Waals surface area contributed by atoms with Gasteiger partial charge in [0.25, 0.3) is 5.91 Å². The molecule has 134 valence electrons. The lowest BCUT2D eigenvalue weighted by molar-refractivity contribution is -0.118. The minimum Gasteiger partial charge on any atom is -0.482 e. The van der Waals surface area contributed by atoms with Gasteiger partial charge in [-0.15, -0.1) is 11.3 Å². The summed E-state index contributed by atoms with van der Waals surface area (Å²) in [6, 6.07) is 6.47. The molecule has 0 unspecified atom stereocenters. The van der Waals surface area contributed by atoms with Crippen LogP contribution >= 0.6 is 34.5 Å². The number of aryl methyl sites for hydroxylation is 1. The fraction of sp³-hybridized carbons (Fsp3) is 0.294. The molecule has 2 rings (SSSR count). The Morgan fingerprint density at radius 3 is 2.64 bits per heavy atom. The third kappa shape index (κ3) is 5.36. The van der Waals surface area contributed by atoms with Gasteiger partial charge in [-0.2, -0.15) is 0 Å². The standard InChI is InChI=1S/C17H17Cl2NO4S/c1-3-11-8-12(17(22)23-4-2)16(25-11)20-15(21)9-24-14-7-10(18)5-6-13(14)19/h5-8H,3-4,9H2,1-2H3,(H,20,21). The van der Waals surface area contributed by atoms with Crippen LogP contribution in [0.1, 0.15) is 29.1 Å². The maximum atomic E-state index is 12.2. The van der Waals surface area contributed by atoms with Crippen molar-refractivity contribution in [2.45, 2.75) is 20.3 Å². The number of rotatable bonds is 7. The fourth-order valence-electron chi connectivity index (χ4n) is 1.96. The first-order valence-corrected chi connectivity index (χ1v) is 9.19. The number of hydrogen-bond donors (Lipinski definition) is 1. The molecular formula is C17H17Cl2NO4S. The van der Waals surface area contributed by atoms with Crippen LogP contribution in [0, 0.1) is 0 Å². The monoisotopic (exact) mass is 401 g/mol. The number of halogens is 2. The van der Waals surface area contributed by atoms with Crippen molar-refractivity contribution in [1.82, 2.24) is 0 Å². The van der Waals surface area contributed by atoms with E-state index in [0.29, 0.717) is 26.4 Å². The van der Waals surface area contributed by atoms with Gasteiger partial charge < -0.3 is 14.8 Å². The highest BCUT2D eigenvalue weighted by molar-refractivity contribution is 7.16. The van der Waals surface area contributed by atoms with Crippen molar-refractivity contribution in [2.75, 3.05) is 18.5 Å². The lowest BCUT2D eigenvalue weighted by atomic mass is 10.2. The van der Waals surface area contributed by atoms with Crippen LogP contribution in [0.4, 0.5) is 5.00 Å². The molecule has 0 aliphatic heterocycles. The second-order valence-corrected chi connectivity index (χ2v) is 6.92. The van der Waals surface area contributed by atoms with Crippen molar-refractivity contribution in [1.29, 1.82) is 0 Å². The molecule has 1 aromatic heterocycles. The molecule has 0 saturated carbocycles. The van der Waals surface area contributed by atoms with Crippen molar-refractivity contribution in [3.8, 4) is 5.75 Å². The van der Waals surface area contributed by atoms with Crippen molar-refractivity contribution < 1.29 is 19.1 Å². The third-order valence-corrected chi connectivity index (χ3v) is 4.87. The zero-order chi connectivity index (χ0) is 18.4. The summed E-state index contributed by atoms with van der Waals surface area (Å²) < 4.78 is 10.4. The summed E-state index contributed by atoms with van der Waals surface area (Å²) in [5.74, 6) is -0.561. The van der Waals surface area contributed by atoms with E-state index in [-0.39, 0.29) is 13.2 Å². The highest BCUT2D eigenvalue weighted by Crippen LogP contribution is 2.30. The SMILES string of the molecule is CCOC(=O)c1cc(CC)sc1NC(=O)COc1cc(Cl)ccc1Cl. The number of amides is 1. The molecule has 2 aromatic rings. The molecular weight excluding hydrogens is 385 g/mol.